The van der Waals surface area contributed by atoms with Gasteiger partial charge in [-0.05, 0) is 17.7 Å². The molecule has 0 unspecified atom stereocenters. The first-order valence-corrected chi connectivity index (χ1v) is 7.24. The van der Waals surface area contributed by atoms with Crippen molar-refractivity contribution in [1.82, 2.24) is 0 Å². The van der Waals surface area contributed by atoms with E-state index in [1.165, 1.54) is 5.56 Å². The molecule has 0 fully saturated rings. The number of para-hydroxylation sites is 1. The molecular weight excluding hydrogens is 268 g/mol. The Kier molecular flexibility index (Phi) is 6.02. The average molecular weight is 285 g/mol. The van der Waals surface area contributed by atoms with Gasteiger partial charge in [0, 0.05) is 18.7 Å². The smallest absolute Gasteiger partial charge is 0.134 e. The normalized spacial score (nSPS) is 9.65. The quantitative estimate of drug-likeness (QED) is 0.588. The van der Waals surface area contributed by atoms with Crippen molar-refractivity contribution in [2.75, 3.05) is 12.5 Å². The number of alkyl halides is 1. The lowest BCUT2D eigenvalue weighted by Crippen LogP contribution is -2.02. The van der Waals surface area contributed by atoms with Crippen molar-refractivity contribution >= 4 is 11.6 Å². The number of hydrogen-bond acceptors (Lipinski definition) is 1. The Balaban J connectivity index is 1.94. The van der Waals surface area contributed by atoms with E-state index in [2.05, 4.69) is 24.0 Å². The number of hydrogen-bond donors (Lipinski definition) is 0. The first-order valence-electron chi connectivity index (χ1n) is 6.71. The minimum absolute atomic E-state index is 0.560. The van der Waals surface area contributed by atoms with Crippen LogP contribution in [0.15, 0.2) is 54.6 Å². The predicted molar refractivity (Wildman–Crippen MR) is 84.3 cm³/mol. The number of ether oxygens (including phenoxy) is 1. The third-order valence-corrected chi connectivity index (χ3v) is 3.01. The molecule has 0 aliphatic carbocycles. The highest BCUT2D eigenvalue weighted by Gasteiger charge is 2.00. The van der Waals surface area contributed by atoms with E-state index in [1.807, 2.05) is 42.5 Å². The molecule has 2 aromatic carbocycles. The molecule has 20 heavy (non-hydrogen) atoms. The lowest BCUT2D eigenvalue weighted by atomic mass is 10.1. The van der Waals surface area contributed by atoms with Gasteiger partial charge < -0.3 is 4.74 Å². The molecule has 0 aliphatic rings. The zero-order valence-corrected chi connectivity index (χ0v) is 12.1. The molecule has 0 saturated heterocycles. The van der Waals surface area contributed by atoms with Crippen molar-refractivity contribution in [3.8, 4) is 17.6 Å². The van der Waals surface area contributed by atoms with Crippen LogP contribution in [-0.2, 0) is 6.42 Å². The van der Waals surface area contributed by atoms with Gasteiger partial charge in [-0.1, -0.05) is 54.3 Å². The van der Waals surface area contributed by atoms with E-state index in [0.29, 0.717) is 18.9 Å². The third-order valence-electron chi connectivity index (χ3n) is 2.82. The lowest BCUT2D eigenvalue weighted by molar-refractivity contribution is 0.321. The number of halogens is 1. The first-order chi connectivity index (χ1) is 9.90. The summed E-state index contributed by atoms with van der Waals surface area (Å²) >= 11 is 5.63. The molecule has 0 N–H and O–H groups in total. The van der Waals surface area contributed by atoms with E-state index >= 15 is 0 Å². The van der Waals surface area contributed by atoms with Crippen LogP contribution < -0.4 is 4.74 Å². The summed E-state index contributed by atoms with van der Waals surface area (Å²) in [4.78, 5) is 0. The maximum atomic E-state index is 5.84. The van der Waals surface area contributed by atoms with Crippen LogP contribution >= 0.6 is 11.6 Å². The predicted octanol–water partition coefficient (Wildman–Crippen LogP) is 4.29. The van der Waals surface area contributed by atoms with E-state index in [-0.39, 0.29) is 0 Å². The largest absolute Gasteiger partial charge is 0.492 e. The van der Waals surface area contributed by atoms with E-state index in [1.54, 1.807) is 0 Å². The van der Waals surface area contributed by atoms with Gasteiger partial charge in [-0.25, -0.2) is 0 Å². The minimum atomic E-state index is 0.560. The molecule has 0 atom stereocenters. The van der Waals surface area contributed by atoms with Gasteiger partial charge in [-0.2, -0.15) is 0 Å². The Labute approximate surface area is 125 Å². The molecule has 0 spiro atoms. The van der Waals surface area contributed by atoms with E-state index in [4.69, 9.17) is 16.3 Å². The Bertz CT molecular complexity index is 581. The van der Waals surface area contributed by atoms with Crippen molar-refractivity contribution in [2.24, 2.45) is 0 Å². The monoisotopic (exact) mass is 284 g/mol. The van der Waals surface area contributed by atoms with E-state index in [0.717, 1.165) is 17.7 Å². The molecule has 0 aromatic heterocycles. The fraction of sp³-hybridized carbons (Fsp3) is 0.222. The summed E-state index contributed by atoms with van der Waals surface area (Å²) in [6.07, 6.45) is 1.59. The zero-order valence-electron chi connectivity index (χ0n) is 11.3. The van der Waals surface area contributed by atoms with Gasteiger partial charge >= 0.3 is 0 Å². The Morgan fingerprint density at radius 1 is 0.950 bits per heavy atom. The molecule has 102 valence electrons. The fourth-order valence-electron chi connectivity index (χ4n) is 1.82. The highest BCUT2D eigenvalue weighted by atomic mass is 35.5. The summed E-state index contributed by atoms with van der Waals surface area (Å²) in [7, 11) is 0. The molecule has 0 aliphatic heterocycles. The second-order valence-corrected chi connectivity index (χ2v) is 4.70. The highest BCUT2D eigenvalue weighted by molar-refractivity contribution is 6.18. The van der Waals surface area contributed by atoms with Crippen molar-refractivity contribution in [1.29, 1.82) is 0 Å². The second kappa shape index (κ2) is 8.30. The Hall–Kier alpha value is -1.91. The van der Waals surface area contributed by atoms with Gasteiger partial charge in [0.25, 0.3) is 0 Å². The van der Waals surface area contributed by atoms with Crippen molar-refractivity contribution in [2.45, 2.75) is 12.8 Å². The van der Waals surface area contributed by atoms with Crippen LogP contribution in [0.4, 0.5) is 0 Å². The Morgan fingerprint density at radius 3 is 2.50 bits per heavy atom. The standard InChI is InChI=1S/C18H17ClO/c19-14-7-6-11-17-10-4-5-12-18(17)20-15-13-16-8-2-1-3-9-16/h1-5,8-10,12H,7,13-15H2. The third kappa shape index (κ3) is 4.64. The summed E-state index contributed by atoms with van der Waals surface area (Å²) in [5.74, 6) is 7.54. The van der Waals surface area contributed by atoms with Crippen LogP contribution in [-0.4, -0.2) is 12.5 Å². The van der Waals surface area contributed by atoms with Crippen LogP contribution in [0.3, 0.4) is 0 Å². The van der Waals surface area contributed by atoms with Gasteiger partial charge in [0.15, 0.2) is 0 Å². The van der Waals surface area contributed by atoms with Crippen LogP contribution in [0, 0.1) is 11.8 Å². The Morgan fingerprint density at radius 2 is 1.70 bits per heavy atom. The summed E-state index contributed by atoms with van der Waals surface area (Å²) in [5.41, 5.74) is 2.20. The molecular formula is C18H17ClO. The highest BCUT2D eigenvalue weighted by Crippen LogP contribution is 2.17. The van der Waals surface area contributed by atoms with Crippen LogP contribution in [0.2, 0.25) is 0 Å². The van der Waals surface area contributed by atoms with Crippen molar-refractivity contribution in [3.05, 3.63) is 65.7 Å². The summed E-state index contributed by atoms with van der Waals surface area (Å²) < 4.78 is 5.84. The van der Waals surface area contributed by atoms with Crippen LogP contribution in [0.1, 0.15) is 17.5 Å². The fourth-order valence-corrected chi connectivity index (χ4v) is 1.92. The molecule has 0 bridgehead atoms. The van der Waals surface area contributed by atoms with Crippen molar-refractivity contribution < 1.29 is 4.74 Å². The molecule has 2 aromatic rings. The van der Waals surface area contributed by atoms with Gasteiger partial charge in [0.05, 0.1) is 12.2 Å². The summed E-state index contributed by atoms with van der Waals surface area (Å²) in [6, 6.07) is 18.2. The SMILES string of the molecule is ClCCC#Cc1ccccc1OCCc1ccccc1. The molecule has 0 amide bonds. The molecule has 2 heteroatoms. The van der Waals surface area contributed by atoms with Crippen molar-refractivity contribution in [3.63, 3.8) is 0 Å². The van der Waals surface area contributed by atoms with Gasteiger partial charge in [0.2, 0.25) is 0 Å². The van der Waals surface area contributed by atoms with Crippen LogP contribution in [0.25, 0.3) is 0 Å². The maximum absolute atomic E-state index is 5.84. The maximum Gasteiger partial charge on any atom is 0.134 e. The first kappa shape index (κ1) is 14.5. The summed E-state index contributed by atoms with van der Waals surface area (Å²) in [5, 5.41) is 0. The van der Waals surface area contributed by atoms with Gasteiger partial charge in [-0.15, -0.1) is 11.6 Å². The molecule has 2 rings (SSSR count). The van der Waals surface area contributed by atoms with Gasteiger partial charge in [-0.3, -0.25) is 0 Å². The number of rotatable bonds is 5. The topological polar surface area (TPSA) is 9.23 Å². The molecule has 0 radical (unpaired) electrons. The van der Waals surface area contributed by atoms with E-state index < -0.39 is 0 Å². The zero-order chi connectivity index (χ0) is 14.0. The van der Waals surface area contributed by atoms with Crippen LogP contribution in [0.5, 0.6) is 5.75 Å². The van der Waals surface area contributed by atoms with E-state index in [9.17, 15) is 0 Å². The second-order valence-electron chi connectivity index (χ2n) is 4.32. The van der Waals surface area contributed by atoms with Gasteiger partial charge in [0.1, 0.15) is 5.75 Å². The minimum Gasteiger partial charge on any atom is -0.492 e. The molecule has 0 saturated carbocycles. The lowest BCUT2D eigenvalue weighted by Gasteiger charge is -2.08. The molecule has 1 nitrogen and oxygen atoms in total. The molecule has 0 heterocycles. The summed E-state index contributed by atoms with van der Waals surface area (Å²) in [6.45, 7) is 0.651. The average Bonchev–Trinajstić information content (AvgIpc) is 2.50. The number of benzene rings is 2.